The van der Waals surface area contributed by atoms with Gasteiger partial charge in [-0.2, -0.15) is 0 Å². The topological polar surface area (TPSA) is 43.4 Å². The second-order valence-corrected chi connectivity index (χ2v) is 4.53. The molecule has 3 nitrogen and oxygen atoms in total. The van der Waals surface area contributed by atoms with Crippen LogP contribution in [0.4, 0.5) is 0 Å². The smallest absolute Gasteiger partial charge is 0.198 e. The highest BCUT2D eigenvalue weighted by Gasteiger charge is 2.21. The van der Waals surface area contributed by atoms with Gasteiger partial charge in [-0.05, 0) is 12.5 Å². The summed E-state index contributed by atoms with van der Waals surface area (Å²) in [6.45, 7) is 0. The van der Waals surface area contributed by atoms with Crippen LogP contribution in [-0.2, 0) is 14.6 Å². The summed E-state index contributed by atoms with van der Waals surface area (Å²) in [5.41, 5.74) is -0.613. The molecular formula is C6H10O3S. The first kappa shape index (κ1) is 7.60. The SMILES string of the molecule is CS(=O)(=O)C1CCC=CO1. The summed E-state index contributed by atoms with van der Waals surface area (Å²) in [5, 5.41) is 0. The first-order valence-corrected chi connectivity index (χ1v) is 5.05. The van der Waals surface area contributed by atoms with Crippen molar-refractivity contribution >= 4 is 9.84 Å². The van der Waals surface area contributed by atoms with Gasteiger partial charge in [-0.1, -0.05) is 0 Å². The minimum atomic E-state index is -3.00. The maximum absolute atomic E-state index is 10.8. The molecule has 0 aromatic rings. The molecule has 0 bridgehead atoms. The number of hydrogen-bond acceptors (Lipinski definition) is 3. The average molecular weight is 162 g/mol. The lowest BCUT2D eigenvalue weighted by Crippen LogP contribution is -2.22. The van der Waals surface area contributed by atoms with Crippen molar-refractivity contribution in [3.8, 4) is 0 Å². The van der Waals surface area contributed by atoms with Crippen LogP contribution < -0.4 is 0 Å². The molecule has 0 N–H and O–H groups in total. The van der Waals surface area contributed by atoms with E-state index in [0.29, 0.717) is 6.42 Å². The lowest BCUT2D eigenvalue weighted by Gasteiger charge is -2.16. The van der Waals surface area contributed by atoms with Gasteiger partial charge in [-0.25, -0.2) is 8.42 Å². The Morgan fingerprint density at radius 1 is 1.60 bits per heavy atom. The fourth-order valence-electron chi connectivity index (χ4n) is 0.827. The molecule has 1 aliphatic heterocycles. The molecule has 0 aliphatic carbocycles. The summed E-state index contributed by atoms with van der Waals surface area (Å²) in [7, 11) is -3.00. The molecule has 0 amide bonds. The maximum atomic E-state index is 10.8. The van der Waals surface area contributed by atoms with Crippen LogP contribution in [0.1, 0.15) is 12.8 Å². The van der Waals surface area contributed by atoms with Crippen LogP contribution in [0, 0.1) is 0 Å². The molecule has 0 saturated heterocycles. The zero-order valence-corrected chi connectivity index (χ0v) is 6.60. The van der Waals surface area contributed by atoms with E-state index in [0.717, 1.165) is 6.42 Å². The van der Waals surface area contributed by atoms with E-state index in [1.54, 1.807) is 0 Å². The molecule has 1 unspecified atom stereocenters. The Bertz CT molecular complexity index is 227. The van der Waals surface area contributed by atoms with E-state index < -0.39 is 15.3 Å². The highest BCUT2D eigenvalue weighted by Crippen LogP contribution is 2.14. The fourth-order valence-corrected chi connectivity index (χ4v) is 1.66. The van der Waals surface area contributed by atoms with Gasteiger partial charge in [0.25, 0.3) is 0 Å². The molecule has 4 heteroatoms. The van der Waals surface area contributed by atoms with Crippen molar-refractivity contribution in [2.24, 2.45) is 0 Å². The Kier molecular flexibility index (Phi) is 1.99. The van der Waals surface area contributed by atoms with Gasteiger partial charge in [0.05, 0.1) is 6.26 Å². The Labute approximate surface area is 60.6 Å². The average Bonchev–Trinajstić information content (AvgIpc) is 1.88. The third kappa shape index (κ3) is 1.73. The predicted molar refractivity (Wildman–Crippen MR) is 38.1 cm³/mol. The second kappa shape index (κ2) is 2.62. The van der Waals surface area contributed by atoms with Gasteiger partial charge in [-0.3, -0.25) is 0 Å². The van der Waals surface area contributed by atoms with Crippen molar-refractivity contribution in [1.29, 1.82) is 0 Å². The quantitative estimate of drug-likeness (QED) is 0.569. The lowest BCUT2D eigenvalue weighted by molar-refractivity contribution is 0.190. The molecular weight excluding hydrogens is 152 g/mol. The first-order valence-electron chi connectivity index (χ1n) is 3.10. The van der Waals surface area contributed by atoms with Crippen molar-refractivity contribution in [2.45, 2.75) is 18.3 Å². The van der Waals surface area contributed by atoms with E-state index in [1.807, 2.05) is 6.08 Å². The highest BCUT2D eigenvalue weighted by atomic mass is 32.2. The van der Waals surface area contributed by atoms with Crippen molar-refractivity contribution in [3.63, 3.8) is 0 Å². The van der Waals surface area contributed by atoms with Crippen molar-refractivity contribution in [1.82, 2.24) is 0 Å². The number of hydrogen-bond donors (Lipinski definition) is 0. The Morgan fingerprint density at radius 2 is 2.30 bits per heavy atom. The molecule has 1 rings (SSSR count). The molecule has 58 valence electrons. The normalized spacial score (nSPS) is 25.9. The van der Waals surface area contributed by atoms with Gasteiger partial charge in [0.1, 0.15) is 0 Å². The number of ether oxygens (including phenoxy) is 1. The number of sulfone groups is 1. The minimum Gasteiger partial charge on any atom is -0.483 e. The van der Waals surface area contributed by atoms with E-state index in [9.17, 15) is 8.42 Å². The molecule has 1 heterocycles. The summed E-state index contributed by atoms with van der Waals surface area (Å²) >= 11 is 0. The fraction of sp³-hybridized carbons (Fsp3) is 0.667. The summed E-state index contributed by atoms with van der Waals surface area (Å²) in [4.78, 5) is 0. The van der Waals surface area contributed by atoms with Crippen LogP contribution in [0.2, 0.25) is 0 Å². The van der Waals surface area contributed by atoms with Crippen LogP contribution in [-0.4, -0.2) is 20.1 Å². The van der Waals surface area contributed by atoms with Crippen LogP contribution in [0.5, 0.6) is 0 Å². The molecule has 0 aromatic carbocycles. The molecule has 0 radical (unpaired) electrons. The third-order valence-corrected chi connectivity index (χ3v) is 2.68. The zero-order chi connectivity index (χ0) is 7.61. The monoisotopic (exact) mass is 162 g/mol. The molecule has 1 atom stereocenters. The van der Waals surface area contributed by atoms with Crippen LogP contribution >= 0.6 is 0 Å². The van der Waals surface area contributed by atoms with Crippen LogP contribution in [0.25, 0.3) is 0 Å². The van der Waals surface area contributed by atoms with Gasteiger partial charge in [0.15, 0.2) is 15.3 Å². The van der Waals surface area contributed by atoms with Gasteiger partial charge in [0, 0.05) is 12.7 Å². The largest absolute Gasteiger partial charge is 0.483 e. The minimum absolute atomic E-state index is 0.579. The standard InChI is InChI=1S/C6H10O3S/c1-10(7,8)6-4-2-3-5-9-6/h3,5-6H,2,4H2,1H3. The predicted octanol–water partition coefficient (Wildman–Crippen LogP) is 0.681. The number of allylic oxidation sites excluding steroid dienone is 1. The molecule has 1 aliphatic rings. The number of rotatable bonds is 1. The molecule has 0 spiro atoms. The first-order chi connectivity index (χ1) is 4.61. The molecule has 10 heavy (non-hydrogen) atoms. The summed E-state index contributed by atoms with van der Waals surface area (Å²) < 4.78 is 26.5. The van der Waals surface area contributed by atoms with Crippen molar-refractivity contribution in [3.05, 3.63) is 12.3 Å². The highest BCUT2D eigenvalue weighted by molar-refractivity contribution is 7.91. The molecule has 0 aromatic heterocycles. The molecule has 0 fully saturated rings. The van der Waals surface area contributed by atoms with Gasteiger partial charge in [0.2, 0.25) is 0 Å². The van der Waals surface area contributed by atoms with Crippen LogP contribution in [0.15, 0.2) is 12.3 Å². The van der Waals surface area contributed by atoms with Crippen molar-refractivity contribution in [2.75, 3.05) is 6.26 Å². The van der Waals surface area contributed by atoms with Gasteiger partial charge in [-0.15, -0.1) is 0 Å². The third-order valence-electron chi connectivity index (χ3n) is 1.37. The van der Waals surface area contributed by atoms with E-state index >= 15 is 0 Å². The lowest BCUT2D eigenvalue weighted by atomic mass is 10.3. The summed E-state index contributed by atoms with van der Waals surface area (Å²) in [6.07, 6.45) is 5.83. The van der Waals surface area contributed by atoms with E-state index in [2.05, 4.69) is 0 Å². The maximum Gasteiger partial charge on any atom is 0.198 e. The van der Waals surface area contributed by atoms with Gasteiger partial charge >= 0.3 is 0 Å². The summed E-state index contributed by atoms with van der Waals surface area (Å²) in [6, 6.07) is 0. The zero-order valence-electron chi connectivity index (χ0n) is 5.78. The van der Waals surface area contributed by atoms with E-state index in [4.69, 9.17) is 4.74 Å². The van der Waals surface area contributed by atoms with Crippen molar-refractivity contribution < 1.29 is 13.2 Å². The summed E-state index contributed by atoms with van der Waals surface area (Å²) in [5.74, 6) is 0. The van der Waals surface area contributed by atoms with Gasteiger partial charge < -0.3 is 4.74 Å². The Morgan fingerprint density at radius 3 is 2.60 bits per heavy atom. The van der Waals surface area contributed by atoms with E-state index in [1.165, 1.54) is 12.5 Å². The second-order valence-electron chi connectivity index (χ2n) is 2.34. The molecule has 0 saturated carbocycles. The Balaban J connectivity index is 2.67. The van der Waals surface area contributed by atoms with E-state index in [-0.39, 0.29) is 0 Å². The van der Waals surface area contributed by atoms with Crippen LogP contribution in [0.3, 0.4) is 0 Å². The Hall–Kier alpha value is -0.510.